The molecule has 2 fully saturated rings. The van der Waals surface area contributed by atoms with Gasteiger partial charge in [-0.15, -0.1) is 0 Å². The normalized spacial score (nSPS) is 29.1. The number of carbonyl (C=O) groups excluding carboxylic acids is 1. The number of ether oxygens (including phenoxy) is 1. The van der Waals surface area contributed by atoms with Crippen molar-refractivity contribution < 1.29 is 9.53 Å². The van der Waals surface area contributed by atoms with E-state index in [1.165, 1.54) is 6.42 Å². The SMILES string of the molecule is O=C1OC[C@@H]2CCCC[C@]12CC#Cc1ccccc1. The fourth-order valence-corrected chi connectivity index (χ4v) is 3.27. The van der Waals surface area contributed by atoms with Gasteiger partial charge in [0.25, 0.3) is 0 Å². The van der Waals surface area contributed by atoms with E-state index >= 15 is 0 Å². The number of hydrogen-bond acceptors (Lipinski definition) is 2. The number of esters is 1. The topological polar surface area (TPSA) is 26.3 Å². The molecule has 0 spiro atoms. The Labute approximate surface area is 114 Å². The van der Waals surface area contributed by atoms with Crippen molar-refractivity contribution in [3.05, 3.63) is 35.9 Å². The fourth-order valence-electron chi connectivity index (χ4n) is 3.27. The molecule has 0 unspecified atom stereocenters. The summed E-state index contributed by atoms with van der Waals surface area (Å²) in [6.45, 7) is 0.603. The third-order valence-corrected chi connectivity index (χ3v) is 4.44. The molecule has 1 saturated carbocycles. The summed E-state index contributed by atoms with van der Waals surface area (Å²) in [5, 5.41) is 0. The van der Waals surface area contributed by atoms with Gasteiger partial charge in [0.05, 0.1) is 12.0 Å². The first-order chi connectivity index (χ1) is 9.31. The van der Waals surface area contributed by atoms with E-state index in [0.717, 1.165) is 24.8 Å². The predicted molar refractivity (Wildman–Crippen MR) is 73.3 cm³/mol. The minimum Gasteiger partial charge on any atom is -0.465 e. The molecule has 1 aromatic rings. The highest BCUT2D eigenvalue weighted by atomic mass is 16.5. The summed E-state index contributed by atoms with van der Waals surface area (Å²) >= 11 is 0. The summed E-state index contributed by atoms with van der Waals surface area (Å²) in [5.41, 5.74) is 0.706. The number of carbonyl (C=O) groups is 1. The number of benzene rings is 1. The van der Waals surface area contributed by atoms with Crippen LogP contribution in [0.2, 0.25) is 0 Å². The van der Waals surface area contributed by atoms with Crippen LogP contribution in [0.25, 0.3) is 0 Å². The van der Waals surface area contributed by atoms with Crippen molar-refractivity contribution in [2.75, 3.05) is 6.61 Å². The molecule has 1 aliphatic heterocycles. The van der Waals surface area contributed by atoms with Gasteiger partial charge in [-0.3, -0.25) is 4.79 Å². The maximum atomic E-state index is 12.1. The van der Waals surface area contributed by atoms with Crippen molar-refractivity contribution in [2.24, 2.45) is 11.3 Å². The molecule has 3 rings (SSSR count). The minimum atomic E-state index is -0.306. The lowest BCUT2D eigenvalue weighted by molar-refractivity contribution is -0.147. The van der Waals surface area contributed by atoms with Crippen molar-refractivity contribution in [1.29, 1.82) is 0 Å². The molecule has 98 valence electrons. The van der Waals surface area contributed by atoms with E-state index in [1.807, 2.05) is 30.3 Å². The van der Waals surface area contributed by atoms with Crippen LogP contribution in [0.5, 0.6) is 0 Å². The average molecular weight is 254 g/mol. The summed E-state index contributed by atoms with van der Waals surface area (Å²) in [6.07, 6.45) is 5.04. The second-order valence-electron chi connectivity index (χ2n) is 5.54. The van der Waals surface area contributed by atoms with E-state index in [4.69, 9.17) is 4.74 Å². The van der Waals surface area contributed by atoms with E-state index in [9.17, 15) is 4.79 Å². The molecule has 2 heteroatoms. The molecule has 0 bridgehead atoms. The van der Waals surface area contributed by atoms with E-state index in [1.54, 1.807) is 0 Å². The Balaban J connectivity index is 1.78. The molecule has 19 heavy (non-hydrogen) atoms. The van der Waals surface area contributed by atoms with Crippen LogP contribution in [-0.4, -0.2) is 12.6 Å². The molecule has 1 aliphatic carbocycles. The lowest BCUT2D eigenvalue weighted by Gasteiger charge is -2.33. The smallest absolute Gasteiger partial charge is 0.313 e. The van der Waals surface area contributed by atoms with Crippen molar-refractivity contribution in [3.63, 3.8) is 0 Å². The largest absolute Gasteiger partial charge is 0.465 e. The van der Waals surface area contributed by atoms with Gasteiger partial charge >= 0.3 is 5.97 Å². The van der Waals surface area contributed by atoms with Gasteiger partial charge in [-0.1, -0.05) is 42.9 Å². The molecule has 0 aromatic heterocycles. The second kappa shape index (κ2) is 5.09. The highest BCUT2D eigenvalue weighted by Crippen LogP contribution is 2.48. The van der Waals surface area contributed by atoms with Crippen molar-refractivity contribution in [3.8, 4) is 11.8 Å². The number of rotatable bonds is 1. The third-order valence-electron chi connectivity index (χ3n) is 4.44. The van der Waals surface area contributed by atoms with Gasteiger partial charge in [-0.25, -0.2) is 0 Å². The Morgan fingerprint density at radius 3 is 2.95 bits per heavy atom. The maximum absolute atomic E-state index is 12.1. The van der Waals surface area contributed by atoms with E-state index in [-0.39, 0.29) is 11.4 Å². The van der Waals surface area contributed by atoms with Gasteiger partial charge in [0.15, 0.2) is 0 Å². The van der Waals surface area contributed by atoms with Crippen molar-refractivity contribution >= 4 is 5.97 Å². The summed E-state index contributed by atoms with van der Waals surface area (Å²) in [6, 6.07) is 9.94. The van der Waals surface area contributed by atoms with Gasteiger partial charge in [0.2, 0.25) is 0 Å². The maximum Gasteiger partial charge on any atom is 0.313 e. The highest BCUT2D eigenvalue weighted by molar-refractivity contribution is 5.79. The first-order valence-electron chi connectivity index (χ1n) is 7.02. The number of fused-ring (bicyclic) bond motifs is 1. The van der Waals surface area contributed by atoms with Gasteiger partial charge in [-0.05, 0) is 25.0 Å². The lowest BCUT2D eigenvalue weighted by atomic mass is 9.66. The average Bonchev–Trinajstić information content (AvgIpc) is 2.78. The first kappa shape index (κ1) is 12.3. The Morgan fingerprint density at radius 2 is 2.11 bits per heavy atom. The van der Waals surface area contributed by atoms with Crippen LogP contribution in [0, 0.1) is 23.2 Å². The van der Waals surface area contributed by atoms with Crippen molar-refractivity contribution in [2.45, 2.75) is 32.1 Å². The monoisotopic (exact) mass is 254 g/mol. The van der Waals surface area contributed by atoms with Crippen LogP contribution in [-0.2, 0) is 9.53 Å². The molecule has 1 saturated heterocycles. The number of cyclic esters (lactones) is 1. The van der Waals surface area contributed by atoms with Crippen LogP contribution in [0.15, 0.2) is 30.3 Å². The zero-order valence-corrected chi connectivity index (χ0v) is 11.0. The molecule has 2 nitrogen and oxygen atoms in total. The quantitative estimate of drug-likeness (QED) is 0.568. The highest BCUT2D eigenvalue weighted by Gasteiger charge is 2.52. The Morgan fingerprint density at radius 1 is 1.26 bits per heavy atom. The fraction of sp³-hybridized carbons (Fsp3) is 0.471. The Bertz CT molecular complexity index is 523. The molecule has 0 radical (unpaired) electrons. The molecule has 0 N–H and O–H groups in total. The zero-order chi connectivity index (χ0) is 13.1. The van der Waals surface area contributed by atoms with E-state index in [0.29, 0.717) is 18.9 Å². The molecular formula is C17H18O2. The number of hydrogen-bond donors (Lipinski definition) is 0. The summed E-state index contributed by atoms with van der Waals surface area (Å²) in [5.74, 6) is 6.75. The van der Waals surface area contributed by atoms with Gasteiger partial charge in [0, 0.05) is 17.9 Å². The van der Waals surface area contributed by atoms with Gasteiger partial charge < -0.3 is 4.74 Å². The molecule has 2 atom stereocenters. The Kier molecular flexibility index (Phi) is 3.29. The van der Waals surface area contributed by atoms with E-state index < -0.39 is 0 Å². The van der Waals surface area contributed by atoms with Crippen LogP contribution < -0.4 is 0 Å². The lowest BCUT2D eigenvalue weighted by Crippen LogP contribution is -2.35. The predicted octanol–water partition coefficient (Wildman–Crippen LogP) is 3.16. The van der Waals surface area contributed by atoms with Crippen LogP contribution in [0.1, 0.15) is 37.7 Å². The summed E-state index contributed by atoms with van der Waals surface area (Å²) < 4.78 is 5.30. The standard InChI is InChI=1S/C17H18O2/c18-16-17(11-5-4-10-15(17)13-19-16)12-6-9-14-7-2-1-3-8-14/h1-3,7-8,15H,4-5,10-13H2/t15-,17+/m0/s1. The Hall–Kier alpha value is -1.75. The van der Waals surface area contributed by atoms with Gasteiger partial charge in [-0.2, -0.15) is 0 Å². The molecule has 1 heterocycles. The van der Waals surface area contributed by atoms with Crippen LogP contribution in [0.3, 0.4) is 0 Å². The van der Waals surface area contributed by atoms with Crippen molar-refractivity contribution in [1.82, 2.24) is 0 Å². The summed E-state index contributed by atoms with van der Waals surface area (Å²) in [7, 11) is 0. The van der Waals surface area contributed by atoms with E-state index in [2.05, 4.69) is 11.8 Å². The van der Waals surface area contributed by atoms with Crippen LogP contribution >= 0.6 is 0 Å². The molecular weight excluding hydrogens is 236 g/mol. The van der Waals surface area contributed by atoms with Crippen LogP contribution in [0.4, 0.5) is 0 Å². The van der Waals surface area contributed by atoms with Gasteiger partial charge in [0.1, 0.15) is 0 Å². The zero-order valence-electron chi connectivity index (χ0n) is 11.0. The first-order valence-corrected chi connectivity index (χ1v) is 7.02. The molecule has 1 aromatic carbocycles. The summed E-state index contributed by atoms with van der Waals surface area (Å²) in [4.78, 5) is 12.1. The second-order valence-corrected chi connectivity index (χ2v) is 5.54. The minimum absolute atomic E-state index is 0.0143. The third kappa shape index (κ3) is 2.26. The molecule has 2 aliphatic rings. The molecule has 0 amide bonds.